The summed E-state index contributed by atoms with van der Waals surface area (Å²) in [6.07, 6.45) is 2.69. The van der Waals surface area contributed by atoms with Crippen LogP contribution in [-0.4, -0.2) is 19.4 Å². The van der Waals surface area contributed by atoms with E-state index < -0.39 is 0 Å². The molecule has 24 heavy (non-hydrogen) atoms. The fourth-order valence-corrected chi connectivity index (χ4v) is 1.97. The van der Waals surface area contributed by atoms with Crippen molar-refractivity contribution in [1.29, 1.82) is 0 Å². The Hall–Kier alpha value is -2.62. The van der Waals surface area contributed by atoms with Gasteiger partial charge in [0.25, 0.3) is 5.91 Å². The lowest BCUT2D eigenvalue weighted by atomic mass is 10.0. The second-order valence-electron chi connectivity index (χ2n) is 4.61. The highest BCUT2D eigenvalue weighted by molar-refractivity contribution is 5.95. The highest BCUT2D eigenvalue weighted by Crippen LogP contribution is 2.10. The minimum atomic E-state index is 0.00375. The molecule has 0 bridgehead atoms. The Labute approximate surface area is 145 Å². The van der Waals surface area contributed by atoms with Gasteiger partial charge in [0, 0.05) is 18.3 Å². The fraction of sp³-hybridized carbons (Fsp3) is 0.300. The number of rotatable bonds is 5. The topological polar surface area (TPSA) is 58.2 Å². The Morgan fingerprint density at radius 3 is 2.12 bits per heavy atom. The summed E-state index contributed by atoms with van der Waals surface area (Å²) in [6.45, 7) is 6.11. The SMILES string of the molecule is CC.CCCc1ccccc1C(=O)NC.O=CNc1ccccc1. The van der Waals surface area contributed by atoms with Crippen molar-refractivity contribution in [3.05, 3.63) is 65.7 Å². The molecule has 2 amide bonds. The molecule has 0 saturated heterocycles. The van der Waals surface area contributed by atoms with Gasteiger partial charge in [-0.05, 0) is 30.2 Å². The second kappa shape index (κ2) is 14.0. The van der Waals surface area contributed by atoms with Gasteiger partial charge in [-0.15, -0.1) is 0 Å². The first-order valence-corrected chi connectivity index (χ1v) is 8.28. The average molecular weight is 328 g/mol. The summed E-state index contributed by atoms with van der Waals surface area (Å²) in [6, 6.07) is 17.0. The van der Waals surface area contributed by atoms with Gasteiger partial charge < -0.3 is 10.6 Å². The van der Waals surface area contributed by atoms with E-state index in [1.54, 1.807) is 7.05 Å². The standard InChI is InChI=1S/C11H15NO.C7H7NO.C2H6/c1-3-6-9-7-4-5-8-10(9)11(13)12-2;9-6-8-7-4-2-1-3-5-7;1-2/h4-5,7-8H,3,6H2,1-2H3,(H,12,13);1-6H,(H,8,9);1-2H3. The van der Waals surface area contributed by atoms with Crippen molar-refractivity contribution in [3.8, 4) is 0 Å². The van der Waals surface area contributed by atoms with E-state index in [4.69, 9.17) is 0 Å². The molecule has 2 aromatic carbocycles. The molecule has 2 N–H and O–H groups in total. The molecule has 0 fully saturated rings. The molecule has 0 aromatic heterocycles. The molecule has 130 valence electrons. The van der Waals surface area contributed by atoms with E-state index in [2.05, 4.69) is 17.6 Å². The first-order valence-electron chi connectivity index (χ1n) is 8.28. The smallest absolute Gasteiger partial charge is 0.251 e. The maximum atomic E-state index is 11.4. The Balaban J connectivity index is 0.000000420. The molecule has 0 unspecified atom stereocenters. The minimum Gasteiger partial charge on any atom is -0.355 e. The molecule has 0 atom stereocenters. The number of hydrogen-bond acceptors (Lipinski definition) is 2. The first-order chi connectivity index (χ1) is 11.7. The van der Waals surface area contributed by atoms with Crippen LogP contribution in [0.25, 0.3) is 0 Å². The van der Waals surface area contributed by atoms with Crippen molar-refractivity contribution in [2.24, 2.45) is 0 Å². The van der Waals surface area contributed by atoms with Crippen molar-refractivity contribution in [1.82, 2.24) is 5.32 Å². The third kappa shape index (κ3) is 8.13. The van der Waals surface area contributed by atoms with Crippen LogP contribution in [0.2, 0.25) is 0 Å². The molecule has 0 aliphatic carbocycles. The molecule has 4 nitrogen and oxygen atoms in total. The number of anilines is 1. The molecular formula is C20H28N2O2. The van der Waals surface area contributed by atoms with E-state index in [0.717, 1.165) is 29.7 Å². The van der Waals surface area contributed by atoms with Crippen LogP contribution in [0.15, 0.2) is 54.6 Å². The van der Waals surface area contributed by atoms with Crippen molar-refractivity contribution < 1.29 is 9.59 Å². The Morgan fingerprint density at radius 1 is 1.00 bits per heavy atom. The summed E-state index contributed by atoms with van der Waals surface area (Å²) in [7, 11) is 1.66. The number of carbonyl (C=O) groups excluding carboxylic acids is 2. The van der Waals surface area contributed by atoms with Gasteiger partial charge >= 0.3 is 0 Å². The third-order valence-corrected chi connectivity index (χ3v) is 3.01. The number of para-hydroxylation sites is 1. The maximum absolute atomic E-state index is 11.4. The highest BCUT2D eigenvalue weighted by Gasteiger charge is 2.07. The molecule has 0 heterocycles. The zero-order valence-electron chi connectivity index (χ0n) is 15.0. The lowest BCUT2D eigenvalue weighted by Gasteiger charge is -2.06. The lowest BCUT2D eigenvalue weighted by molar-refractivity contribution is -0.105. The molecule has 0 aliphatic rings. The van der Waals surface area contributed by atoms with Crippen LogP contribution >= 0.6 is 0 Å². The van der Waals surface area contributed by atoms with Crippen LogP contribution < -0.4 is 10.6 Å². The molecule has 0 spiro atoms. The summed E-state index contributed by atoms with van der Waals surface area (Å²) in [5.74, 6) is 0.00375. The van der Waals surface area contributed by atoms with E-state index in [1.807, 2.05) is 68.4 Å². The van der Waals surface area contributed by atoms with E-state index in [0.29, 0.717) is 6.41 Å². The number of benzene rings is 2. The normalized spacial score (nSPS) is 8.67. The molecule has 0 saturated carbocycles. The van der Waals surface area contributed by atoms with Crippen LogP contribution in [0.3, 0.4) is 0 Å². The number of carbonyl (C=O) groups is 2. The van der Waals surface area contributed by atoms with Crippen molar-refractivity contribution in [3.63, 3.8) is 0 Å². The van der Waals surface area contributed by atoms with E-state index in [-0.39, 0.29) is 5.91 Å². The summed E-state index contributed by atoms with van der Waals surface area (Å²) in [4.78, 5) is 21.3. The Kier molecular flexibility index (Phi) is 12.5. The summed E-state index contributed by atoms with van der Waals surface area (Å²) >= 11 is 0. The average Bonchev–Trinajstić information content (AvgIpc) is 2.65. The second-order valence-corrected chi connectivity index (χ2v) is 4.61. The van der Waals surface area contributed by atoms with Crippen LogP contribution in [-0.2, 0) is 11.2 Å². The van der Waals surface area contributed by atoms with Crippen LogP contribution in [0.4, 0.5) is 5.69 Å². The number of hydrogen-bond donors (Lipinski definition) is 2. The van der Waals surface area contributed by atoms with Crippen LogP contribution in [0.5, 0.6) is 0 Å². The van der Waals surface area contributed by atoms with E-state index >= 15 is 0 Å². The van der Waals surface area contributed by atoms with Gasteiger partial charge in [0.15, 0.2) is 0 Å². The number of amides is 2. The Bertz CT molecular complexity index is 583. The molecule has 2 aromatic rings. The number of aryl methyl sites for hydroxylation is 1. The van der Waals surface area contributed by atoms with Gasteiger partial charge in [0.1, 0.15) is 0 Å². The van der Waals surface area contributed by atoms with E-state index in [1.165, 1.54) is 0 Å². The maximum Gasteiger partial charge on any atom is 0.251 e. The van der Waals surface area contributed by atoms with Crippen molar-refractivity contribution in [2.75, 3.05) is 12.4 Å². The first kappa shape index (κ1) is 21.4. The fourth-order valence-electron chi connectivity index (χ4n) is 1.97. The van der Waals surface area contributed by atoms with Gasteiger partial charge in [-0.25, -0.2) is 0 Å². The molecule has 0 aliphatic heterocycles. The van der Waals surface area contributed by atoms with Crippen molar-refractivity contribution >= 4 is 18.0 Å². The minimum absolute atomic E-state index is 0.00375. The quantitative estimate of drug-likeness (QED) is 0.805. The van der Waals surface area contributed by atoms with Gasteiger partial charge in [0.05, 0.1) is 0 Å². The zero-order valence-corrected chi connectivity index (χ0v) is 15.0. The largest absolute Gasteiger partial charge is 0.355 e. The number of nitrogens with one attached hydrogen (secondary N) is 2. The van der Waals surface area contributed by atoms with Gasteiger partial charge in [-0.1, -0.05) is 63.6 Å². The highest BCUT2D eigenvalue weighted by atomic mass is 16.1. The summed E-state index contributed by atoms with van der Waals surface area (Å²) < 4.78 is 0. The Morgan fingerprint density at radius 2 is 1.58 bits per heavy atom. The summed E-state index contributed by atoms with van der Waals surface area (Å²) in [5, 5.41) is 5.17. The molecule has 4 heteroatoms. The van der Waals surface area contributed by atoms with Crippen molar-refractivity contribution in [2.45, 2.75) is 33.6 Å². The molecule has 2 rings (SSSR count). The third-order valence-electron chi connectivity index (χ3n) is 3.01. The predicted molar refractivity (Wildman–Crippen MR) is 101 cm³/mol. The zero-order chi connectivity index (χ0) is 18.2. The monoisotopic (exact) mass is 328 g/mol. The summed E-state index contributed by atoms with van der Waals surface area (Å²) in [5.41, 5.74) is 2.75. The van der Waals surface area contributed by atoms with Gasteiger partial charge in [0.2, 0.25) is 6.41 Å². The lowest BCUT2D eigenvalue weighted by Crippen LogP contribution is -2.19. The van der Waals surface area contributed by atoms with Crippen LogP contribution in [0, 0.1) is 0 Å². The predicted octanol–water partition coefficient (Wildman–Crippen LogP) is 4.28. The van der Waals surface area contributed by atoms with Gasteiger partial charge in [-0.2, -0.15) is 0 Å². The molecule has 0 radical (unpaired) electrons. The van der Waals surface area contributed by atoms with E-state index in [9.17, 15) is 9.59 Å². The molecular weight excluding hydrogens is 300 g/mol. The van der Waals surface area contributed by atoms with Gasteiger partial charge in [-0.3, -0.25) is 9.59 Å². The van der Waals surface area contributed by atoms with Crippen LogP contribution in [0.1, 0.15) is 43.1 Å².